The van der Waals surface area contributed by atoms with E-state index in [-0.39, 0.29) is 17.3 Å². The summed E-state index contributed by atoms with van der Waals surface area (Å²) in [4.78, 5) is 12.0. The largest absolute Gasteiger partial charge is 0.495 e. The van der Waals surface area contributed by atoms with Crippen molar-refractivity contribution < 1.29 is 22.7 Å². The summed E-state index contributed by atoms with van der Waals surface area (Å²) in [5.41, 5.74) is -0.557. The van der Waals surface area contributed by atoms with Crippen LogP contribution in [0.4, 0.5) is 24.5 Å². The lowest BCUT2D eigenvalue weighted by Crippen LogP contribution is -2.22. The highest BCUT2D eigenvalue weighted by atomic mass is 35.5. The summed E-state index contributed by atoms with van der Waals surface area (Å²) < 4.78 is 43.3. The number of halogens is 5. The number of hydrogen-bond donors (Lipinski definition) is 2. The minimum atomic E-state index is -4.53. The third-order valence-electron chi connectivity index (χ3n) is 3.17. The summed E-state index contributed by atoms with van der Waals surface area (Å²) >= 11 is 11.7. The van der Waals surface area contributed by atoms with E-state index in [0.717, 1.165) is 18.2 Å². The zero-order valence-corrected chi connectivity index (χ0v) is 14.4. The van der Waals surface area contributed by atoms with Gasteiger partial charge >= 0.3 is 6.18 Å². The highest BCUT2D eigenvalue weighted by Gasteiger charge is 2.31. The Morgan fingerprint density at radius 3 is 2.48 bits per heavy atom. The number of carbonyl (C=O) groups is 1. The van der Waals surface area contributed by atoms with Gasteiger partial charge in [0.2, 0.25) is 5.91 Å². The van der Waals surface area contributed by atoms with Crippen molar-refractivity contribution >= 4 is 40.5 Å². The van der Waals surface area contributed by atoms with Crippen LogP contribution in [0, 0.1) is 0 Å². The fraction of sp³-hybridized carbons (Fsp3) is 0.188. The summed E-state index contributed by atoms with van der Waals surface area (Å²) in [6.45, 7) is -0.219. The number of carbonyl (C=O) groups excluding carboxylic acids is 1. The van der Waals surface area contributed by atoms with Gasteiger partial charge in [0.25, 0.3) is 0 Å². The molecule has 134 valence electrons. The number of methoxy groups -OCH3 is 1. The number of rotatable bonds is 5. The second-order valence-corrected chi connectivity index (χ2v) is 5.78. The first kappa shape index (κ1) is 19.2. The maximum Gasteiger partial charge on any atom is 0.416 e. The molecule has 9 heteroatoms. The van der Waals surface area contributed by atoms with E-state index in [1.165, 1.54) is 7.11 Å². The number of hydrogen-bond acceptors (Lipinski definition) is 3. The summed E-state index contributed by atoms with van der Waals surface area (Å²) in [7, 11) is 1.46. The number of amides is 1. The molecule has 0 aliphatic heterocycles. The predicted molar refractivity (Wildman–Crippen MR) is 91.6 cm³/mol. The summed E-state index contributed by atoms with van der Waals surface area (Å²) in [6.07, 6.45) is -4.53. The standard InChI is InChI=1S/C16H13Cl2F3N2O2/c1-25-14-5-3-10(17)7-13(14)22-8-15(24)23-12-6-9(16(19,20)21)2-4-11(12)18/h2-7,22H,8H2,1H3,(H,23,24). The van der Waals surface area contributed by atoms with Crippen LogP contribution in [0.25, 0.3) is 0 Å². The highest BCUT2D eigenvalue weighted by Crippen LogP contribution is 2.34. The summed E-state index contributed by atoms with van der Waals surface area (Å²) in [5, 5.41) is 5.58. The Bertz CT molecular complexity index is 782. The quantitative estimate of drug-likeness (QED) is 0.746. The van der Waals surface area contributed by atoms with E-state index in [1.807, 2.05) is 0 Å². The molecular weight excluding hydrogens is 380 g/mol. The van der Waals surface area contributed by atoms with Gasteiger partial charge in [-0.2, -0.15) is 13.2 Å². The van der Waals surface area contributed by atoms with Crippen molar-refractivity contribution in [1.29, 1.82) is 0 Å². The average molecular weight is 393 g/mol. The van der Waals surface area contributed by atoms with Crippen LogP contribution in [0.3, 0.4) is 0 Å². The molecule has 0 saturated heterocycles. The zero-order valence-electron chi connectivity index (χ0n) is 12.9. The zero-order chi connectivity index (χ0) is 18.6. The lowest BCUT2D eigenvalue weighted by Gasteiger charge is -2.13. The van der Waals surface area contributed by atoms with Crippen LogP contribution in [0.2, 0.25) is 10.0 Å². The molecule has 0 heterocycles. The number of alkyl halides is 3. The second kappa shape index (κ2) is 7.84. The Kier molecular flexibility index (Phi) is 6.02. The number of benzene rings is 2. The van der Waals surface area contributed by atoms with Crippen LogP contribution in [0.1, 0.15) is 5.56 Å². The molecule has 0 fully saturated rings. The van der Waals surface area contributed by atoms with Crippen LogP contribution in [-0.2, 0) is 11.0 Å². The minimum absolute atomic E-state index is 0.00156. The Morgan fingerprint density at radius 2 is 1.84 bits per heavy atom. The molecule has 0 spiro atoms. The monoisotopic (exact) mass is 392 g/mol. The number of anilines is 2. The van der Waals surface area contributed by atoms with Gasteiger partial charge in [0.15, 0.2) is 0 Å². The maximum absolute atomic E-state index is 12.7. The van der Waals surface area contributed by atoms with E-state index in [9.17, 15) is 18.0 Å². The Labute approximate surface area is 151 Å². The van der Waals surface area contributed by atoms with Gasteiger partial charge < -0.3 is 15.4 Å². The van der Waals surface area contributed by atoms with Crippen molar-refractivity contribution in [3.63, 3.8) is 0 Å². The molecule has 0 aliphatic rings. The van der Waals surface area contributed by atoms with Crippen molar-refractivity contribution in [2.75, 3.05) is 24.3 Å². The molecule has 0 atom stereocenters. The molecule has 25 heavy (non-hydrogen) atoms. The average Bonchev–Trinajstić information content (AvgIpc) is 2.54. The van der Waals surface area contributed by atoms with Gasteiger partial charge in [-0.3, -0.25) is 4.79 Å². The van der Waals surface area contributed by atoms with Crippen LogP contribution >= 0.6 is 23.2 Å². The third kappa shape index (κ3) is 5.17. The van der Waals surface area contributed by atoms with E-state index in [0.29, 0.717) is 16.5 Å². The van der Waals surface area contributed by atoms with Crippen LogP contribution < -0.4 is 15.4 Å². The van der Waals surface area contributed by atoms with Crippen molar-refractivity contribution in [2.45, 2.75) is 6.18 Å². The van der Waals surface area contributed by atoms with E-state index in [1.54, 1.807) is 18.2 Å². The van der Waals surface area contributed by atoms with Crippen LogP contribution in [-0.4, -0.2) is 19.6 Å². The summed E-state index contributed by atoms with van der Waals surface area (Å²) in [5.74, 6) is -0.113. The topological polar surface area (TPSA) is 50.4 Å². The third-order valence-corrected chi connectivity index (χ3v) is 3.73. The molecule has 0 saturated carbocycles. The predicted octanol–water partition coefficient (Wildman–Crippen LogP) is 5.07. The molecule has 0 aliphatic carbocycles. The Balaban J connectivity index is 2.07. The van der Waals surface area contributed by atoms with Crippen molar-refractivity contribution in [1.82, 2.24) is 0 Å². The van der Waals surface area contributed by atoms with Gasteiger partial charge in [-0.25, -0.2) is 0 Å². The first-order chi connectivity index (χ1) is 11.7. The molecule has 2 rings (SSSR count). The van der Waals surface area contributed by atoms with Crippen LogP contribution in [0.15, 0.2) is 36.4 Å². The van der Waals surface area contributed by atoms with E-state index < -0.39 is 17.6 Å². The van der Waals surface area contributed by atoms with Crippen molar-refractivity contribution in [2.24, 2.45) is 0 Å². The molecule has 1 amide bonds. The van der Waals surface area contributed by atoms with Gasteiger partial charge in [-0.1, -0.05) is 23.2 Å². The first-order valence-corrected chi connectivity index (χ1v) is 7.70. The molecule has 2 N–H and O–H groups in total. The lowest BCUT2D eigenvalue weighted by molar-refractivity contribution is -0.137. The fourth-order valence-electron chi connectivity index (χ4n) is 1.99. The number of nitrogens with one attached hydrogen (secondary N) is 2. The fourth-order valence-corrected chi connectivity index (χ4v) is 2.32. The van der Waals surface area contributed by atoms with E-state index in [2.05, 4.69) is 10.6 Å². The normalized spacial score (nSPS) is 11.1. The molecule has 0 radical (unpaired) electrons. The smallest absolute Gasteiger partial charge is 0.416 e. The molecule has 2 aromatic carbocycles. The van der Waals surface area contributed by atoms with Gasteiger partial charge in [0.05, 0.1) is 35.6 Å². The SMILES string of the molecule is COc1ccc(Cl)cc1NCC(=O)Nc1cc(C(F)(F)F)ccc1Cl. The summed E-state index contributed by atoms with van der Waals surface area (Å²) in [6, 6.07) is 7.49. The molecule has 4 nitrogen and oxygen atoms in total. The first-order valence-electron chi connectivity index (χ1n) is 6.94. The Morgan fingerprint density at radius 1 is 1.12 bits per heavy atom. The molecular formula is C16H13Cl2F3N2O2. The Hall–Kier alpha value is -2.12. The van der Waals surface area contributed by atoms with Crippen molar-refractivity contribution in [3.05, 3.63) is 52.0 Å². The second-order valence-electron chi connectivity index (χ2n) is 4.94. The van der Waals surface area contributed by atoms with E-state index >= 15 is 0 Å². The minimum Gasteiger partial charge on any atom is -0.495 e. The van der Waals surface area contributed by atoms with Crippen molar-refractivity contribution in [3.8, 4) is 5.75 Å². The maximum atomic E-state index is 12.7. The molecule has 0 unspecified atom stereocenters. The highest BCUT2D eigenvalue weighted by molar-refractivity contribution is 6.33. The van der Waals surface area contributed by atoms with Gasteiger partial charge in [-0.05, 0) is 36.4 Å². The van der Waals surface area contributed by atoms with E-state index in [4.69, 9.17) is 27.9 Å². The van der Waals surface area contributed by atoms with Crippen LogP contribution in [0.5, 0.6) is 5.75 Å². The lowest BCUT2D eigenvalue weighted by atomic mass is 10.2. The number of ether oxygens (including phenoxy) is 1. The van der Waals surface area contributed by atoms with Gasteiger partial charge in [0.1, 0.15) is 5.75 Å². The molecule has 2 aromatic rings. The molecule has 0 aromatic heterocycles. The van der Waals surface area contributed by atoms with Gasteiger partial charge in [0, 0.05) is 5.02 Å². The molecule has 0 bridgehead atoms. The van der Waals surface area contributed by atoms with Gasteiger partial charge in [-0.15, -0.1) is 0 Å².